The van der Waals surface area contributed by atoms with Gasteiger partial charge in [0, 0.05) is 6.42 Å². The first kappa shape index (κ1) is 23.2. The van der Waals surface area contributed by atoms with Crippen molar-refractivity contribution in [1.29, 1.82) is 0 Å². The Kier molecular flexibility index (Phi) is 19.6. The number of hydrogen-bond donors (Lipinski definition) is 1. The fourth-order valence-electron chi connectivity index (χ4n) is 3.13. The van der Waals surface area contributed by atoms with E-state index < -0.39 is 0 Å². The first-order valence-corrected chi connectivity index (χ1v) is 10.7. The van der Waals surface area contributed by atoms with Crippen LogP contribution < -0.4 is 5.73 Å². The monoisotopic (exact) mass is 337 g/mol. The Balaban J connectivity index is 3.02. The summed E-state index contributed by atoms with van der Waals surface area (Å²) >= 11 is 0. The molecule has 0 aliphatic heterocycles. The Morgan fingerprint density at radius 2 is 1.00 bits per heavy atom. The van der Waals surface area contributed by atoms with E-state index in [-0.39, 0.29) is 5.91 Å². The second-order valence-electron chi connectivity index (χ2n) is 7.23. The van der Waals surface area contributed by atoms with Crippen molar-refractivity contribution in [2.75, 3.05) is 0 Å². The van der Waals surface area contributed by atoms with E-state index in [0.29, 0.717) is 6.42 Å². The van der Waals surface area contributed by atoms with E-state index in [1.165, 1.54) is 103 Å². The van der Waals surface area contributed by atoms with Gasteiger partial charge in [-0.05, 0) is 12.8 Å². The second-order valence-corrected chi connectivity index (χ2v) is 7.23. The highest BCUT2D eigenvalue weighted by molar-refractivity contribution is 5.75. The van der Waals surface area contributed by atoms with Crippen molar-refractivity contribution in [3.8, 4) is 0 Å². The number of rotatable bonds is 19. The number of unbranched alkanes of at least 4 members (excludes halogenated alkanes) is 16. The van der Waals surface area contributed by atoms with Gasteiger partial charge in [-0.15, -0.1) is 0 Å². The number of primary amides is 1. The van der Waals surface area contributed by atoms with E-state index >= 15 is 0 Å². The second kappa shape index (κ2) is 20.3. The average Bonchev–Trinajstić information content (AvgIpc) is 2.56. The van der Waals surface area contributed by atoms with Gasteiger partial charge in [0.15, 0.2) is 0 Å². The molecule has 0 bridgehead atoms. The lowest BCUT2D eigenvalue weighted by molar-refractivity contribution is -0.117. The minimum absolute atomic E-state index is 0.238. The standard InChI is InChI=1S/C22H43NO/c1-2-3-4-5-6-7-8-9-10-11-12-13-14-15-16-17-18-19-20-21-22(23)24/h19-20H,2-18,21H2,1H3,(H2,23,24)/b20-19+. The molecule has 0 unspecified atom stereocenters. The largest absolute Gasteiger partial charge is 0.369 e. The van der Waals surface area contributed by atoms with Crippen LogP contribution in [0.4, 0.5) is 0 Å². The summed E-state index contributed by atoms with van der Waals surface area (Å²) in [6.07, 6.45) is 28.0. The maximum Gasteiger partial charge on any atom is 0.221 e. The molecule has 2 heteroatoms. The minimum Gasteiger partial charge on any atom is -0.369 e. The summed E-state index contributed by atoms with van der Waals surface area (Å²) in [7, 11) is 0. The average molecular weight is 338 g/mol. The Hall–Kier alpha value is -0.790. The van der Waals surface area contributed by atoms with E-state index in [4.69, 9.17) is 5.73 Å². The van der Waals surface area contributed by atoms with Crippen LogP contribution in [0, 0.1) is 0 Å². The summed E-state index contributed by atoms with van der Waals surface area (Å²) in [5.74, 6) is -0.238. The van der Waals surface area contributed by atoms with E-state index in [2.05, 4.69) is 13.0 Å². The van der Waals surface area contributed by atoms with E-state index in [9.17, 15) is 4.79 Å². The first-order valence-electron chi connectivity index (χ1n) is 10.7. The van der Waals surface area contributed by atoms with Crippen LogP contribution in [-0.4, -0.2) is 5.91 Å². The molecule has 0 fully saturated rings. The molecule has 0 atom stereocenters. The van der Waals surface area contributed by atoms with Crippen molar-refractivity contribution in [3.63, 3.8) is 0 Å². The van der Waals surface area contributed by atoms with Crippen molar-refractivity contribution >= 4 is 5.91 Å². The quantitative estimate of drug-likeness (QED) is 0.199. The molecule has 0 aromatic heterocycles. The van der Waals surface area contributed by atoms with E-state index in [0.717, 1.165) is 6.42 Å². The third-order valence-electron chi connectivity index (χ3n) is 4.71. The van der Waals surface area contributed by atoms with Crippen molar-refractivity contribution in [1.82, 2.24) is 0 Å². The molecule has 0 aromatic carbocycles. The molecule has 0 spiro atoms. The van der Waals surface area contributed by atoms with Gasteiger partial charge in [-0.25, -0.2) is 0 Å². The molecule has 1 amide bonds. The molecule has 0 aliphatic carbocycles. The van der Waals surface area contributed by atoms with Gasteiger partial charge in [-0.1, -0.05) is 115 Å². The predicted octanol–water partition coefficient (Wildman–Crippen LogP) is 7.07. The number of nitrogens with two attached hydrogens (primary N) is 1. The Bertz CT molecular complexity index is 286. The number of carbonyl (C=O) groups is 1. The Labute approximate surface area is 151 Å². The van der Waals surface area contributed by atoms with Gasteiger partial charge >= 0.3 is 0 Å². The van der Waals surface area contributed by atoms with Crippen LogP contribution in [0.3, 0.4) is 0 Å². The van der Waals surface area contributed by atoms with Gasteiger partial charge in [0.1, 0.15) is 0 Å². The van der Waals surface area contributed by atoms with E-state index in [1.54, 1.807) is 0 Å². The van der Waals surface area contributed by atoms with Crippen LogP contribution in [0.25, 0.3) is 0 Å². The lowest BCUT2D eigenvalue weighted by atomic mass is 10.0. The van der Waals surface area contributed by atoms with Crippen LogP contribution in [0.5, 0.6) is 0 Å². The Morgan fingerprint density at radius 3 is 1.38 bits per heavy atom. The highest BCUT2D eigenvalue weighted by atomic mass is 16.1. The molecular weight excluding hydrogens is 294 g/mol. The summed E-state index contributed by atoms with van der Waals surface area (Å²) in [5.41, 5.74) is 5.08. The van der Waals surface area contributed by atoms with Gasteiger partial charge in [0.05, 0.1) is 0 Å². The van der Waals surface area contributed by atoms with Crippen molar-refractivity contribution < 1.29 is 4.79 Å². The third-order valence-corrected chi connectivity index (χ3v) is 4.71. The van der Waals surface area contributed by atoms with Crippen molar-refractivity contribution in [2.24, 2.45) is 5.73 Å². The molecule has 0 rings (SSSR count). The summed E-state index contributed by atoms with van der Waals surface area (Å²) in [5, 5.41) is 0. The molecule has 0 heterocycles. The normalized spacial score (nSPS) is 11.4. The lowest BCUT2D eigenvalue weighted by Crippen LogP contribution is -2.07. The molecule has 142 valence electrons. The molecule has 24 heavy (non-hydrogen) atoms. The topological polar surface area (TPSA) is 43.1 Å². The molecule has 2 N–H and O–H groups in total. The zero-order valence-corrected chi connectivity index (χ0v) is 16.4. The van der Waals surface area contributed by atoms with Crippen LogP contribution in [0.1, 0.15) is 122 Å². The number of amides is 1. The van der Waals surface area contributed by atoms with Crippen LogP contribution >= 0.6 is 0 Å². The summed E-state index contributed by atoms with van der Waals surface area (Å²) in [6.45, 7) is 2.28. The zero-order chi connectivity index (χ0) is 17.7. The van der Waals surface area contributed by atoms with Crippen LogP contribution in [0.15, 0.2) is 12.2 Å². The number of carbonyl (C=O) groups excluding carboxylic acids is 1. The first-order chi connectivity index (χ1) is 11.8. The smallest absolute Gasteiger partial charge is 0.221 e. The van der Waals surface area contributed by atoms with Crippen LogP contribution in [-0.2, 0) is 4.79 Å². The van der Waals surface area contributed by atoms with Gasteiger partial charge < -0.3 is 5.73 Å². The van der Waals surface area contributed by atoms with Crippen molar-refractivity contribution in [2.45, 2.75) is 122 Å². The summed E-state index contributed by atoms with van der Waals surface area (Å²) in [4.78, 5) is 10.6. The summed E-state index contributed by atoms with van der Waals surface area (Å²) < 4.78 is 0. The molecule has 0 aromatic rings. The van der Waals surface area contributed by atoms with Gasteiger partial charge in [0.25, 0.3) is 0 Å². The van der Waals surface area contributed by atoms with Crippen molar-refractivity contribution in [3.05, 3.63) is 12.2 Å². The van der Waals surface area contributed by atoms with E-state index in [1.807, 2.05) is 6.08 Å². The van der Waals surface area contributed by atoms with Crippen LogP contribution in [0.2, 0.25) is 0 Å². The molecule has 2 nitrogen and oxygen atoms in total. The molecule has 0 saturated carbocycles. The maximum absolute atomic E-state index is 10.6. The SMILES string of the molecule is CCCCCCCCCCCCCCCCCC/C=C/CC(N)=O. The third kappa shape index (κ3) is 21.2. The molecular formula is C22H43NO. The Morgan fingerprint density at radius 1 is 0.625 bits per heavy atom. The molecule has 0 aliphatic rings. The van der Waals surface area contributed by atoms with Gasteiger partial charge in [0.2, 0.25) is 5.91 Å². The fraction of sp³-hybridized carbons (Fsp3) is 0.864. The zero-order valence-electron chi connectivity index (χ0n) is 16.4. The molecule has 0 radical (unpaired) electrons. The highest BCUT2D eigenvalue weighted by Crippen LogP contribution is 2.14. The number of allylic oxidation sites excluding steroid dienone is 1. The predicted molar refractivity (Wildman–Crippen MR) is 107 cm³/mol. The molecule has 0 saturated heterocycles. The lowest BCUT2D eigenvalue weighted by Gasteiger charge is -2.03. The van der Waals surface area contributed by atoms with Gasteiger partial charge in [-0.2, -0.15) is 0 Å². The number of hydrogen-bond acceptors (Lipinski definition) is 1. The fourth-order valence-corrected chi connectivity index (χ4v) is 3.13. The highest BCUT2D eigenvalue weighted by Gasteiger charge is 1.94. The van der Waals surface area contributed by atoms with Gasteiger partial charge in [-0.3, -0.25) is 4.79 Å². The minimum atomic E-state index is -0.238. The summed E-state index contributed by atoms with van der Waals surface area (Å²) in [6, 6.07) is 0. The maximum atomic E-state index is 10.6.